The van der Waals surface area contributed by atoms with E-state index in [1.54, 1.807) is 7.11 Å². The summed E-state index contributed by atoms with van der Waals surface area (Å²) in [5.41, 5.74) is 0.975. The molecule has 0 saturated carbocycles. The van der Waals surface area contributed by atoms with Crippen LogP contribution in [0.2, 0.25) is 0 Å². The number of benzene rings is 1. The van der Waals surface area contributed by atoms with Crippen LogP contribution in [-0.4, -0.2) is 28.3 Å². The van der Waals surface area contributed by atoms with Crippen LogP contribution in [-0.2, 0) is 6.54 Å². The highest BCUT2D eigenvalue weighted by Gasteiger charge is 2.03. The van der Waals surface area contributed by atoms with Crippen molar-refractivity contribution in [2.24, 2.45) is 0 Å². The number of nitrogens with zero attached hydrogens (tertiary/aromatic N) is 2. The maximum absolute atomic E-state index is 11.5. The number of aromatic amines is 1. The average molecular weight is 247 g/mol. The first-order valence-electron chi connectivity index (χ1n) is 5.31. The van der Waals surface area contributed by atoms with E-state index in [0.29, 0.717) is 12.5 Å². The van der Waals surface area contributed by atoms with Crippen molar-refractivity contribution in [3.63, 3.8) is 0 Å². The first-order chi connectivity index (χ1) is 8.78. The SMILES string of the molecule is COc1ccc(CNC(=O)Nc2ncn[nH]2)cc1. The second-order valence-corrected chi connectivity index (χ2v) is 3.49. The van der Waals surface area contributed by atoms with Crippen LogP contribution in [0.25, 0.3) is 0 Å². The number of anilines is 1. The Kier molecular flexibility index (Phi) is 3.75. The predicted molar refractivity (Wildman–Crippen MR) is 65.2 cm³/mol. The van der Waals surface area contributed by atoms with Gasteiger partial charge in [0.1, 0.15) is 12.1 Å². The van der Waals surface area contributed by atoms with Crippen LogP contribution in [0.1, 0.15) is 5.56 Å². The maximum Gasteiger partial charge on any atom is 0.321 e. The van der Waals surface area contributed by atoms with Crippen LogP contribution in [0.3, 0.4) is 0 Å². The molecule has 7 nitrogen and oxygen atoms in total. The third kappa shape index (κ3) is 3.21. The van der Waals surface area contributed by atoms with Gasteiger partial charge in [0.05, 0.1) is 7.11 Å². The molecule has 0 aliphatic carbocycles. The zero-order valence-corrected chi connectivity index (χ0v) is 9.80. The molecule has 0 atom stereocenters. The lowest BCUT2D eigenvalue weighted by Crippen LogP contribution is -2.28. The smallest absolute Gasteiger partial charge is 0.321 e. The standard InChI is InChI=1S/C11H13N5O2/c1-18-9-4-2-8(3-5-9)6-12-11(17)15-10-13-7-14-16-10/h2-5,7H,6H2,1H3,(H3,12,13,14,15,16,17). The molecule has 7 heteroatoms. The monoisotopic (exact) mass is 247 g/mol. The van der Waals surface area contributed by atoms with Crippen LogP contribution < -0.4 is 15.4 Å². The van der Waals surface area contributed by atoms with Gasteiger partial charge in [0.15, 0.2) is 0 Å². The zero-order valence-electron chi connectivity index (χ0n) is 9.80. The number of carbonyl (C=O) groups excluding carboxylic acids is 1. The van der Waals surface area contributed by atoms with Crippen LogP contribution in [0.4, 0.5) is 10.7 Å². The van der Waals surface area contributed by atoms with Gasteiger partial charge in [-0.15, -0.1) is 0 Å². The van der Waals surface area contributed by atoms with Gasteiger partial charge in [-0.3, -0.25) is 5.32 Å². The summed E-state index contributed by atoms with van der Waals surface area (Å²) in [6, 6.07) is 7.10. The Morgan fingerprint density at radius 3 is 2.78 bits per heavy atom. The lowest BCUT2D eigenvalue weighted by atomic mass is 10.2. The Balaban J connectivity index is 1.81. The van der Waals surface area contributed by atoms with E-state index in [1.165, 1.54) is 6.33 Å². The molecule has 2 amide bonds. The Labute approximate surface area is 104 Å². The maximum atomic E-state index is 11.5. The van der Waals surface area contributed by atoms with Crippen molar-refractivity contribution in [3.05, 3.63) is 36.2 Å². The molecule has 0 spiro atoms. The number of H-pyrrole nitrogens is 1. The summed E-state index contributed by atoms with van der Waals surface area (Å²) in [4.78, 5) is 15.3. The molecule has 1 aromatic carbocycles. The quantitative estimate of drug-likeness (QED) is 0.755. The Morgan fingerprint density at radius 2 is 2.17 bits per heavy atom. The van der Waals surface area contributed by atoms with Crippen molar-refractivity contribution in [3.8, 4) is 5.75 Å². The van der Waals surface area contributed by atoms with Crippen molar-refractivity contribution in [2.45, 2.75) is 6.54 Å². The van der Waals surface area contributed by atoms with E-state index in [-0.39, 0.29) is 6.03 Å². The fourth-order valence-electron chi connectivity index (χ4n) is 1.34. The second kappa shape index (κ2) is 5.67. The summed E-state index contributed by atoms with van der Waals surface area (Å²) in [6.45, 7) is 0.421. The predicted octanol–water partition coefficient (Wildman–Crippen LogP) is 1.13. The molecular weight excluding hydrogens is 234 g/mol. The number of urea groups is 1. The average Bonchev–Trinajstić information content (AvgIpc) is 2.90. The third-order valence-electron chi connectivity index (χ3n) is 2.26. The van der Waals surface area contributed by atoms with Crippen LogP contribution >= 0.6 is 0 Å². The minimum absolute atomic E-state index is 0.308. The molecule has 94 valence electrons. The van der Waals surface area contributed by atoms with E-state index in [2.05, 4.69) is 25.8 Å². The molecular formula is C11H13N5O2. The van der Waals surface area contributed by atoms with Gasteiger partial charge in [0, 0.05) is 6.54 Å². The van der Waals surface area contributed by atoms with Gasteiger partial charge >= 0.3 is 6.03 Å². The Hall–Kier alpha value is -2.57. The molecule has 0 saturated heterocycles. The number of ether oxygens (including phenoxy) is 1. The van der Waals surface area contributed by atoms with Gasteiger partial charge in [-0.2, -0.15) is 10.1 Å². The fraction of sp³-hybridized carbons (Fsp3) is 0.182. The number of rotatable bonds is 4. The van der Waals surface area contributed by atoms with Gasteiger partial charge in [0.2, 0.25) is 5.95 Å². The third-order valence-corrected chi connectivity index (χ3v) is 2.26. The summed E-state index contributed by atoms with van der Waals surface area (Å²) >= 11 is 0. The fourth-order valence-corrected chi connectivity index (χ4v) is 1.34. The van der Waals surface area contributed by atoms with Gasteiger partial charge < -0.3 is 10.1 Å². The number of aromatic nitrogens is 3. The largest absolute Gasteiger partial charge is 0.497 e. The molecule has 0 aliphatic heterocycles. The summed E-state index contributed by atoms with van der Waals surface area (Å²) in [5.74, 6) is 1.09. The van der Waals surface area contributed by atoms with Crippen LogP contribution in [0.15, 0.2) is 30.6 Å². The molecule has 1 heterocycles. The molecule has 18 heavy (non-hydrogen) atoms. The number of hydrogen-bond donors (Lipinski definition) is 3. The van der Waals surface area contributed by atoms with Crippen molar-refractivity contribution in [1.82, 2.24) is 20.5 Å². The lowest BCUT2D eigenvalue weighted by Gasteiger charge is -2.06. The molecule has 1 aromatic heterocycles. The molecule has 2 aromatic rings. The van der Waals surface area contributed by atoms with E-state index in [4.69, 9.17) is 4.74 Å². The Morgan fingerprint density at radius 1 is 1.39 bits per heavy atom. The van der Waals surface area contributed by atoms with Crippen LogP contribution in [0, 0.1) is 0 Å². The van der Waals surface area contributed by atoms with Gasteiger partial charge in [-0.25, -0.2) is 9.89 Å². The molecule has 3 N–H and O–H groups in total. The van der Waals surface area contributed by atoms with Gasteiger partial charge in [-0.05, 0) is 17.7 Å². The number of hydrogen-bond acceptors (Lipinski definition) is 4. The van der Waals surface area contributed by atoms with E-state index < -0.39 is 0 Å². The normalized spacial score (nSPS) is 9.83. The van der Waals surface area contributed by atoms with Crippen molar-refractivity contribution in [1.29, 1.82) is 0 Å². The molecule has 0 radical (unpaired) electrons. The topological polar surface area (TPSA) is 91.9 Å². The summed E-state index contributed by atoms with van der Waals surface area (Å²) in [6.07, 6.45) is 1.32. The van der Waals surface area contributed by atoms with Crippen molar-refractivity contribution in [2.75, 3.05) is 12.4 Å². The highest BCUT2D eigenvalue weighted by atomic mass is 16.5. The molecule has 0 aliphatic rings. The number of carbonyl (C=O) groups is 1. The summed E-state index contributed by atoms with van der Waals surface area (Å²) in [5, 5.41) is 11.4. The van der Waals surface area contributed by atoms with E-state index in [0.717, 1.165) is 11.3 Å². The van der Waals surface area contributed by atoms with E-state index >= 15 is 0 Å². The van der Waals surface area contributed by atoms with Gasteiger partial charge in [0.25, 0.3) is 0 Å². The first kappa shape index (κ1) is 11.9. The first-order valence-corrected chi connectivity index (χ1v) is 5.31. The summed E-state index contributed by atoms with van der Waals surface area (Å²) < 4.78 is 5.05. The number of methoxy groups -OCH3 is 1. The van der Waals surface area contributed by atoms with E-state index in [1.807, 2.05) is 24.3 Å². The van der Waals surface area contributed by atoms with Gasteiger partial charge in [-0.1, -0.05) is 12.1 Å². The molecule has 0 unspecified atom stereocenters. The summed E-state index contributed by atoms with van der Waals surface area (Å²) in [7, 11) is 1.61. The van der Waals surface area contributed by atoms with Crippen LogP contribution in [0.5, 0.6) is 5.75 Å². The van der Waals surface area contributed by atoms with E-state index in [9.17, 15) is 4.79 Å². The second-order valence-electron chi connectivity index (χ2n) is 3.49. The Bertz CT molecular complexity index is 495. The number of nitrogens with one attached hydrogen (secondary N) is 3. The minimum atomic E-state index is -0.345. The number of amides is 2. The molecule has 0 bridgehead atoms. The molecule has 0 fully saturated rings. The highest BCUT2D eigenvalue weighted by Crippen LogP contribution is 2.10. The highest BCUT2D eigenvalue weighted by molar-refractivity contribution is 5.87. The lowest BCUT2D eigenvalue weighted by molar-refractivity contribution is 0.251. The van der Waals surface area contributed by atoms with Crippen molar-refractivity contribution < 1.29 is 9.53 Å². The zero-order chi connectivity index (χ0) is 12.8. The minimum Gasteiger partial charge on any atom is -0.497 e. The van der Waals surface area contributed by atoms with Crippen molar-refractivity contribution >= 4 is 12.0 Å². The molecule has 2 rings (SSSR count).